The van der Waals surface area contributed by atoms with Crippen molar-refractivity contribution in [3.05, 3.63) is 35.9 Å². The summed E-state index contributed by atoms with van der Waals surface area (Å²) < 4.78 is 5.89. The molecular formula is C20H31NO2. The first-order valence-electron chi connectivity index (χ1n) is 8.89. The normalized spacial score (nSPS) is 23.4. The molecule has 0 saturated carbocycles. The van der Waals surface area contributed by atoms with E-state index in [1.54, 1.807) is 0 Å². The summed E-state index contributed by atoms with van der Waals surface area (Å²) in [6.07, 6.45) is 6.12. The highest BCUT2D eigenvalue weighted by molar-refractivity contribution is 5.78. The number of carbonyl (C=O) groups excluding carboxylic acids is 1. The minimum absolute atomic E-state index is 0.0402. The van der Waals surface area contributed by atoms with Gasteiger partial charge in [-0.05, 0) is 50.5 Å². The molecule has 0 aromatic heterocycles. The molecule has 1 aromatic rings. The van der Waals surface area contributed by atoms with E-state index < -0.39 is 0 Å². The lowest BCUT2D eigenvalue weighted by Crippen LogP contribution is -2.43. The molecule has 1 N–H and O–H groups in total. The van der Waals surface area contributed by atoms with Crippen LogP contribution in [0.2, 0.25) is 0 Å². The first-order valence-corrected chi connectivity index (χ1v) is 8.89. The highest BCUT2D eigenvalue weighted by atomic mass is 16.5. The highest BCUT2D eigenvalue weighted by Gasteiger charge is 2.39. The highest BCUT2D eigenvalue weighted by Crippen LogP contribution is 2.44. The molecule has 1 atom stereocenters. The molecule has 1 heterocycles. The van der Waals surface area contributed by atoms with Gasteiger partial charge in [0.2, 0.25) is 5.91 Å². The molecule has 1 aliphatic rings. The zero-order chi connectivity index (χ0) is 16.8. The second kappa shape index (κ2) is 7.96. The molecule has 2 rings (SSSR count). The molecule has 1 unspecified atom stereocenters. The van der Waals surface area contributed by atoms with Gasteiger partial charge in [0, 0.05) is 13.2 Å². The summed E-state index contributed by atoms with van der Waals surface area (Å²) in [7, 11) is 0. The summed E-state index contributed by atoms with van der Waals surface area (Å²) in [6, 6.07) is 9.92. The van der Waals surface area contributed by atoms with Gasteiger partial charge in [-0.1, -0.05) is 43.7 Å². The van der Waals surface area contributed by atoms with Gasteiger partial charge in [-0.15, -0.1) is 0 Å². The van der Waals surface area contributed by atoms with Crippen LogP contribution in [0.15, 0.2) is 30.3 Å². The van der Waals surface area contributed by atoms with Crippen LogP contribution in [0.25, 0.3) is 0 Å². The maximum atomic E-state index is 12.1. The molecule has 23 heavy (non-hydrogen) atoms. The number of benzene rings is 1. The number of nitrogens with one attached hydrogen (secondary N) is 1. The third-order valence-electron chi connectivity index (χ3n) is 4.89. The molecule has 128 valence electrons. The Bertz CT molecular complexity index is 494. The molecular weight excluding hydrogens is 286 g/mol. The Kier molecular flexibility index (Phi) is 6.23. The third-order valence-corrected chi connectivity index (χ3v) is 4.89. The summed E-state index contributed by atoms with van der Waals surface area (Å²) in [5, 5.41) is 3.11. The quantitative estimate of drug-likeness (QED) is 0.822. The Morgan fingerprint density at radius 3 is 2.61 bits per heavy atom. The average molecular weight is 317 g/mol. The SMILES string of the molecule is CCCC1(CCNC(=O)Cc2ccccc2)CCOC(C)(C)C1. The predicted molar refractivity (Wildman–Crippen MR) is 94.4 cm³/mol. The molecule has 0 aliphatic carbocycles. The fourth-order valence-electron chi connectivity index (χ4n) is 3.98. The maximum absolute atomic E-state index is 12.1. The van der Waals surface area contributed by atoms with Crippen molar-refractivity contribution in [2.45, 2.75) is 64.9 Å². The van der Waals surface area contributed by atoms with Crippen LogP contribution in [-0.2, 0) is 16.0 Å². The first-order chi connectivity index (χ1) is 10.9. The fourth-order valence-corrected chi connectivity index (χ4v) is 3.98. The van der Waals surface area contributed by atoms with Gasteiger partial charge in [0.05, 0.1) is 12.0 Å². The van der Waals surface area contributed by atoms with Gasteiger partial charge in [-0.2, -0.15) is 0 Å². The zero-order valence-corrected chi connectivity index (χ0v) is 14.9. The van der Waals surface area contributed by atoms with Gasteiger partial charge in [-0.3, -0.25) is 4.79 Å². The minimum atomic E-state index is -0.0402. The molecule has 0 spiro atoms. The van der Waals surface area contributed by atoms with E-state index in [-0.39, 0.29) is 11.5 Å². The summed E-state index contributed by atoms with van der Waals surface area (Å²) >= 11 is 0. The van der Waals surface area contributed by atoms with Crippen LogP contribution in [0.5, 0.6) is 0 Å². The molecule has 0 bridgehead atoms. The molecule has 1 aromatic carbocycles. The fraction of sp³-hybridized carbons (Fsp3) is 0.650. The molecule has 3 nitrogen and oxygen atoms in total. The van der Waals surface area contributed by atoms with Crippen LogP contribution in [-0.4, -0.2) is 24.7 Å². The van der Waals surface area contributed by atoms with Crippen LogP contribution in [0.1, 0.15) is 58.4 Å². The monoisotopic (exact) mass is 317 g/mol. The Balaban J connectivity index is 1.83. The molecule has 0 radical (unpaired) electrons. The van der Waals surface area contributed by atoms with Crippen LogP contribution in [0.3, 0.4) is 0 Å². The third kappa shape index (κ3) is 5.65. The Labute approximate surface area is 140 Å². The van der Waals surface area contributed by atoms with Crippen LogP contribution in [0.4, 0.5) is 0 Å². The minimum Gasteiger partial charge on any atom is -0.376 e. The van der Waals surface area contributed by atoms with Crippen molar-refractivity contribution in [1.82, 2.24) is 5.32 Å². The number of ether oxygens (including phenoxy) is 1. The van der Waals surface area contributed by atoms with Crippen LogP contribution < -0.4 is 5.32 Å². The van der Waals surface area contributed by atoms with E-state index in [9.17, 15) is 4.79 Å². The Morgan fingerprint density at radius 1 is 1.22 bits per heavy atom. The van der Waals surface area contributed by atoms with Crippen molar-refractivity contribution in [1.29, 1.82) is 0 Å². The Hall–Kier alpha value is -1.35. The molecule has 3 heteroatoms. The predicted octanol–water partition coefficient (Wildman–Crippen LogP) is 4.11. The smallest absolute Gasteiger partial charge is 0.224 e. The molecule has 1 amide bonds. The molecule has 1 saturated heterocycles. The lowest BCUT2D eigenvalue weighted by Gasteiger charge is -2.45. The zero-order valence-electron chi connectivity index (χ0n) is 14.9. The van der Waals surface area contributed by atoms with Gasteiger partial charge in [-0.25, -0.2) is 0 Å². The van der Waals surface area contributed by atoms with Crippen molar-refractivity contribution >= 4 is 5.91 Å². The second-order valence-electron chi connectivity index (χ2n) is 7.55. The van der Waals surface area contributed by atoms with Crippen molar-refractivity contribution in [3.8, 4) is 0 Å². The molecule has 1 fully saturated rings. The van der Waals surface area contributed by atoms with Gasteiger partial charge >= 0.3 is 0 Å². The van der Waals surface area contributed by atoms with E-state index >= 15 is 0 Å². The lowest BCUT2D eigenvalue weighted by molar-refractivity contribution is -0.121. The van der Waals surface area contributed by atoms with Crippen molar-refractivity contribution in [3.63, 3.8) is 0 Å². The maximum Gasteiger partial charge on any atom is 0.224 e. The summed E-state index contributed by atoms with van der Waals surface area (Å²) in [6.45, 7) is 8.22. The molecule has 1 aliphatic heterocycles. The van der Waals surface area contributed by atoms with Crippen LogP contribution in [0, 0.1) is 5.41 Å². The average Bonchev–Trinajstić information content (AvgIpc) is 2.47. The largest absolute Gasteiger partial charge is 0.376 e. The summed E-state index contributed by atoms with van der Waals surface area (Å²) in [5.41, 5.74) is 1.35. The first kappa shape index (κ1) is 18.0. The topological polar surface area (TPSA) is 38.3 Å². The number of rotatable bonds is 7. The number of carbonyl (C=O) groups is 1. The van der Waals surface area contributed by atoms with E-state index in [1.807, 2.05) is 30.3 Å². The number of amides is 1. The lowest BCUT2D eigenvalue weighted by atomic mass is 9.69. The number of hydrogen-bond acceptors (Lipinski definition) is 2. The van der Waals surface area contributed by atoms with E-state index in [1.165, 1.54) is 12.8 Å². The van der Waals surface area contributed by atoms with Crippen molar-refractivity contribution < 1.29 is 9.53 Å². The van der Waals surface area contributed by atoms with Gasteiger partial charge < -0.3 is 10.1 Å². The van der Waals surface area contributed by atoms with E-state index in [4.69, 9.17) is 4.74 Å². The Morgan fingerprint density at radius 2 is 1.96 bits per heavy atom. The van der Waals surface area contributed by atoms with E-state index in [2.05, 4.69) is 26.1 Å². The van der Waals surface area contributed by atoms with Gasteiger partial charge in [0.15, 0.2) is 0 Å². The van der Waals surface area contributed by atoms with Gasteiger partial charge in [0.25, 0.3) is 0 Å². The number of hydrogen-bond donors (Lipinski definition) is 1. The second-order valence-corrected chi connectivity index (χ2v) is 7.55. The van der Waals surface area contributed by atoms with Crippen molar-refractivity contribution in [2.75, 3.05) is 13.2 Å². The summed E-state index contributed by atoms with van der Waals surface area (Å²) in [4.78, 5) is 12.1. The van der Waals surface area contributed by atoms with Crippen molar-refractivity contribution in [2.24, 2.45) is 5.41 Å². The van der Waals surface area contributed by atoms with Gasteiger partial charge in [0.1, 0.15) is 0 Å². The van der Waals surface area contributed by atoms with E-state index in [0.717, 1.165) is 38.0 Å². The standard InChI is InChI=1S/C20H31NO2/c1-4-10-20(12-14-23-19(2,3)16-20)11-13-21-18(22)15-17-8-6-5-7-9-17/h5-9H,4,10-16H2,1-3H3,(H,21,22). The van der Waals surface area contributed by atoms with E-state index in [0.29, 0.717) is 11.8 Å². The summed E-state index contributed by atoms with van der Waals surface area (Å²) in [5.74, 6) is 0.120. The van der Waals surface area contributed by atoms with Crippen LogP contribution >= 0.6 is 0 Å².